The van der Waals surface area contributed by atoms with E-state index in [1.165, 1.54) is 11.1 Å². The van der Waals surface area contributed by atoms with Gasteiger partial charge in [0, 0.05) is 28.9 Å². The van der Waals surface area contributed by atoms with Crippen molar-refractivity contribution in [3.63, 3.8) is 0 Å². The van der Waals surface area contributed by atoms with E-state index in [0.29, 0.717) is 22.7 Å². The lowest BCUT2D eigenvalue weighted by Gasteiger charge is -2.22. The van der Waals surface area contributed by atoms with Crippen LogP contribution in [0.15, 0.2) is 83.5 Å². The Bertz CT molecular complexity index is 1940. The number of phenols is 1. The molecule has 5 heteroatoms. The SMILES string of the molecule is Cc1ccnc2c(-c3cc(-c4ccnc5oc(-c6cc(C(C)(C)C)ccc6O)nc45)cc(C(C)(C)C)c3)cccc12. The predicted octanol–water partition coefficient (Wildman–Crippen LogP) is 9.38. The monoisotopic (exact) mass is 541 g/mol. The van der Waals surface area contributed by atoms with E-state index in [1.54, 1.807) is 12.3 Å². The minimum atomic E-state index is -0.0866. The second-order valence-corrected chi connectivity index (χ2v) is 12.9. The Morgan fingerprint density at radius 2 is 1.34 bits per heavy atom. The molecular formula is C36H35N3O2. The molecule has 206 valence electrons. The Morgan fingerprint density at radius 1 is 0.659 bits per heavy atom. The Kier molecular flexibility index (Phi) is 6.22. The van der Waals surface area contributed by atoms with E-state index in [1.807, 2.05) is 30.5 Å². The molecule has 0 atom stereocenters. The van der Waals surface area contributed by atoms with Gasteiger partial charge in [-0.25, -0.2) is 9.97 Å². The molecule has 6 aromatic rings. The van der Waals surface area contributed by atoms with Gasteiger partial charge in [-0.15, -0.1) is 0 Å². The van der Waals surface area contributed by atoms with Crippen molar-refractivity contribution in [3.05, 3.63) is 95.8 Å². The standard InChI is InChI=1S/C36H35N3O2/c1-21-13-15-37-31-26(21)9-8-10-27(31)22-17-23(19-25(18-22)36(5,6)7)28-14-16-38-34-32(28)39-33(41-34)29-20-24(35(2,3)4)11-12-30(29)40/h8-20,40H,1-7H3. The summed E-state index contributed by atoms with van der Waals surface area (Å²) in [6, 6.07) is 22.7. The summed E-state index contributed by atoms with van der Waals surface area (Å²) >= 11 is 0. The van der Waals surface area contributed by atoms with Crippen LogP contribution in [0.25, 0.3) is 55.8 Å². The summed E-state index contributed by atoms with van der Waals surface area (Å²) in [4.78, 5) is 14.2. The fourth-order valence-corrected chi connectivity index (χ4v) is 5.27. The Balaban J connectivity index is 1.57. The van der Waals surface area contributed by atoms with Gasteiger partial charge < -0.3 is 9.52 Å². The van der Waals surface area contributed by atoms with E-state index < -0.39 is 0 Å². The first kappa shape index (κ1) is 26.7. The molecular weight excluding hydrogens is 506 g/mol. The largest absolute Gasteiger partial charge is 0.507 e. The summed E-state index contributed by atoms with van der Waals surface area (Å²) in [6.07, 6.45) is 3.63. The summed E-state index contributed by atoms with van der Waals surface area (Å²) < 4.78 is 6.16. The first-order valence-electron chi connectivity index (χ1n) is 14.0. The number of benzene rings is 3. The maximum Gasteiger partial charge on any atom is 0.248 e. The van der Waals surface area contributed by atoms with Crippen molar-refractivity contribution in [1.82, 2.24) is 15.0 Å². The summed E-state index contributed by atoms with van der Waals surface area (Å²) in [5.41, 5.74) is 10.1. The van der Waals surface area contributed by atoms with Crippen LogP contribution in [-0.4, -0.2) is 20.1 Å². The number of aromatic hydroxyl groups is 1. The molecule has 0 radical (unpaired) electrons. The molecule has 3 aromatic carbocycles. The van der Waals surface area contributed by atoms with Crippen LogP contribution in [0.4, 0.5) is 0 Å². The number of oxazole rings is 1. The van der Waals surface area contributed by atoms with Gasteiger partial charge >= 0.3 is 0 Å². The maximum atomic E-state index is 10.7. The number of aromatic nitrogens is 3. The summed E-state index contributed by atoms with van der Waals surface area (Å²) in [5, 5.41) is 11.9. The number of phenolic OH excluding ortho intramolecular Hbond substituents is 1. The zero-order chi connectivity index (χ0) is 29.1. The van der Waals surface area contributed by atoms with E-state index in [0.717, 1.165) is 38.7 Å². The van der Waals surface area contributed by atoms with Gasteiger partial charge in [0.25, 0.3) is 0 Å². The lowest BCUT2D eigenvalue weighted by atomic mass is 9.83. The molecule has 0 bridgehead atoms. The van der Waals surface area contributed by atoms with Crippen molar-refractivity contribution in [2.24, 2.45) is 0 Å². The highest BCUT2D eigenvalue weighted by atomic mass is 16.4. The molecule has 0 aliphatic heterocycles. The molecule has 0 aliphatic rings. The number of rotatable bonds is 3. The molecule has 0 fully saturated rings. The summed E-state index contributed by atoms with van der Waals surface area (Å²) in [6.45, 7) is 15.2. The molecule has 6 rings (SSSR count). The molecule has 41 heavy (non-hydrogen) atoms. The van der Waals surface area contributed by atoms with Gasteiger partial charge in [-0.2, -0.15) is 0 Å². The Morgan fingerprint density at radius 3 is 2.05 bits per heavy atom. The van der Waals surface area contributed by atoms with Crippen LogP contribution in [0.5, 0.6) is 5.75 Å². The molecule has 0 aliphatic carbocycles. The summed E-state index contributed by atoms with van der Waals surface area (Å²) in [7, 11) is 0. The average molecular weight is 542 g/mol. The van der Waals surface area contributed by atoms with Gasteiger partial charge in [-0.3, -0.25) is 4.98 Å². The number of aryl methyl sites for hydroxylation is 1. The number of hydrogen-bond acceptors (Lipinski definition) is 5. The van der Waals surface area contributed by atoms with Crippen LogP contribution in [0.3, 0.4) is 0 Å². The van der Waals surface area contributed by atoms with Crippen LogP contribution < -0.4 is 0 Å². The first-order chi connectivity index (χ1) is 19.4. The third-order valence-corrected chi connectivity index (χ3v) is 7.80. The van der Waals surface area contributed by atoms with Crippen molar-refractivity contribution >= 4 is 22.1 Å². The molecule has 3 heterocycles. The van der Waals surface area contributed by atoms with Crippen molar-refractivity contribution in [2.45, 2.75) is 59.3 Å². The lowest BCUT2D eigenvalue weighted by Crippen LogP contribution is -2.11. The predicted molar refractivity (Wildman–Crippen MR) is 167 cm³/mol. The molecule has 0 amide bonds. The quantitative estimate of drug-likeness (QED) is 0.242. The van der Waals surface area contributed by atoms with Crippen LogP contribution >= 0.6 is 0 Å². The van der Waals surface area contributed by atoms with Crippen LogP contribution in [0.1, 0.15) is 58.2 Å². The van der Waals surface area contributed by atoms with E-state index in [4.69, 9.17) is 14.4 Å². The second kappa shape index (κ2) is 9.55. The van der Waals surface area contributed by atoms with Gasteiger partial charge in [0.15, 0.2) is 0 Å². The van der Waals surface area contributed by atoms with Crippen LogP contribution in [0.2, 0.25) is 0 Å². The summed E-state index contributed by atoms with van der Waals surface area (Å²) in [5.74, 6) is 0.478. The Hall–Kier alpha value is -4.51. The lowest BCUT2D eigenvalue weighted by molar-refractivity contribution is 0.472. The van der Waals surface area contributed by atoms with Gasteiger partial charge in [0.1, 0.15) is 11.3 Å². The minimum Gasteiger partial charge on any atom is -0.507 e. The zero-order valence-electron chi connectivity index (χ0n) is 24.7. The van der Waals surface area contributed by atoms with E-state index >= 15 is 0 Å². The number of pyridine rings is 2. The van der Waals surface area contributed by atoms with Crippen molar-refractivity contribution < 1.29 is 9.52 Å². The maximum absolute atomic E-state index is 10.7. The zero-order valence-corrected chi connectivity index (χ0v) is 24.7. The average Bonchev–Trinajstić information content (AvgIpc) is 3.36. The number of fused-ring (bicyclic) bond motifs is 2. The molecule has 0 spiro atoms. The molecule has 5 nitrogen and oxygen atoms in total. The second-order valence-electron chi connectivity index (χ2n) is 12.9. The molecule has 1 N–H and O–H groups in total. The van der Waals surface area contributed by atoms with Gasteiger partial charge in [-0.05, 0) is 75.9 Å². The van der Waals surface area contributed by atoms with Crippen LogP contribution in [0, 0.1) is 6.92 Å². The third-order valence-electron chi connectivity index (χ3n) is 7.80. The van der Waals surface area contributed by atoms with E-state index in [2.05, 4.69) is 89.8 Å². The molecule has 0 saturated heterocycles. The smallest absolute Gasteiger partial charge is 0.248 e. The van der Waals surface area contributed by atoms with Crippen molar-refractivity contribution in [2.75, 3.05) is 0 Å². The topological polar surface area (TPSA) is 72.0 Å². The third kappa shape index (κ3) is 4.86. The normalized spacial score (nSPS) is 12.4. The first-order valence-corrected chi connectivity index (χ1v) is 14.0. The molecule has 0 saturated carbocycles. The highest BCUT2D eigenvalue weighted by Gasteiger charge is 2.22. The molecule has 0 unspecified atom stereocenters. The number of nitrogens with zero attached hydrogens (tertiary/aromatic N) is 3. The Labute approximate surface area is 240 Å². The van der Waals surface area contributed by atoms with Gasteiger partial charge in [0.2, 0.25) is 11.6 Å². The van der Waals surface area contributed by atoms with Gasteiger partial charge in [0.05, 0.1) is 11.1 Å². The van der Waals surface area contributed by atoms with Crippen molar-refractivity contribution in [3.8, 4) is 39.5 Å². The number of hydrogen-bond donors (Lipinski definition) is 1. The van der Waals surface area contributed by atoms with Gasteiger partial charge in [-0.1, -0.05) is 77.9 Å². The van der Waals surface area contributed by atoms with Crippen LogP contribution in [-0.2, 0) is 10.8 Å². The number of para-hydroxylation sites is 1. The van der Waals surface area contributed by atoms with E-state index in [9.17, 15) is 5.11 Å². The minimum absolute atomic E-state index is 0.0843. The highest BCUT2D eigenvalue weighted by molar-refractivity contribution is 5.97. The highest BCUT2D eigenvalue weighted by Crippen LogP contribution is 2.40. The fraction of sp³-hybridized carbons (Fsp3) is 0.250. The van der Waals surface area contributed by atoms with Crippen molar-refractivity contribution in [1.29, 1.82) is 0 Å². The molecule has 3 aromatic heterocycles. The fourth-order valence-electron chi connectivity index (χ4n) is 5.27. The van der Waals surface area contributed by atoms with E-state index in [-0.39, 0.29) is 16.6 Å².